The van der Waals surface area contributed by atoms with Crippen molar-refractivity contribution in [2.24, 2.45) is 0 Å². The van der Waals surface area contributed by atoms with Crippen LogP contribution >= 0.6 is 11.3 Å². The van der Waals surface area contributed by atoms with Crippen molar-refractivity contribution in [3.05, 3.63) is 35.4 Å². The number of methoxy groups -OCH3 is 1. The first-order valence-corrected chi connectivity index (χ1v) is 8.37. The average molecular weight is 330 g/mol. The second-order valence-electron chi connectivity index (χ2n) is 4.29. The average Bonchev–Trinajstić information content (AvgIpc) is 3.07. The lowest BCUT2D eigenvalue weighted by atomic mass is 10.2. The number of ether oxygens (including phenoxy) is 1. The fourth-order valence-electron chi connectivity index (χ4n) is 1.75. The number of furan rings is 1. The summed E-state index contributed by atoms with van der Waals surface area (Å²) in [4.78, 5) is 15.2. The maximum absolute atomic E-state index is 12.3. The summed E-state index contributed by atoms with van der Waals surface area (Å²) >= 11 is 0.864. The number of nitrogens with one attached hydrogen (secondary N) is 1. The molecule has 0 aromatic carbocycles. The summed E-state index contributed by atoms with van der Waals surface area (Å²) in [5.41, 5.74) is 1.08. The molecule has 0 aliphatic carbocycles. The highest BCUT2D eigenvalue weighted by Gasteiger charge is 2.27. The molecule has 0 saturated carbocycles. The number of hydrogen-bond acceptors (Lipinski definition) is 7. The molecule has 0 amide bonds. The van der Waals surface area contributed by atoms with E-state index >= 15 is 0 Å². The maximum Gasteiger partial charge on any atom is 0.358 e. The summed E-state index contributed by atoms with van der Waals surface area (Å²) in [6.45, 7) is 1.71. The van der Waals surface area contributed by atoms with Gasteiger partial charge in [0.15, 0.2) is 9.90 Å². The Morgan fingerprint density at radius 2 is 2.33 bits per heavy atom. The summed E-state index contributed by atoms with van der Waals surface area (Å²) in [5, 5.41) is 0. The van der Waals surface area contributed by atoms with E-state index in [1.54, 1.807) is 19.1 Å². The number of nitrogens with zero attached hydrogens (tertiary/aromatic N) is 1. The summed E-state index contributed by atoms with van der Waals surface area (Å²) in [6, 6.07) is 3.10. The molecule has 0 aliphatic heterocycles. The van der Waals surface area contributed by atoms with Crippen LogP contribution in [0.4, 0.5) is 0 Å². The van der Waals surface area contributed by atoms with Crippen LogP contribution in [0.25, 0.3) is 0 Å². The highest BCUT2D eigenvalue weighted by atomic mass is 32.2. The number of thiazole rings is 1. The first-order chi connectivity index (χ1) is 9.94. The molecule has 0 saturated heterocycles. The van der Waals surface area contributed by atoms with Crippen molar-refractivity contribution in [3.8, 4) is 0 Å². The van der Waals surface area contributed by atoms with Crippen LogP contribution in [0.1, 0.15) is 23.2 Å². The minimum Gasteiger partial charge on any atom is -0.469 e. The molecular formula is C12H14N2O5S2. The van der Waals surface area contributed by atoms with Crippen molar-refractivity contribution in [2.75, 3.05) is 7.11 Å². The summed E-state index contributed by atoms with van der Waals surface area (Å²) < 4.78 is 36.6. The van der Waals surface area contributed by atoms with E-state index < -0.39 is 22.0 Å². The van der Waals surface area contributed by atoms with E-state index in [9.17, 15) is 13.2 Å². The molecule has 0 spiro atoms. The van der Waals surface area contributed by atoms with E-state index in [1.807, 2.05) is 0 Å². The van der Waals surface area contributed by atoms with Gasteiger partial charge in [-0.25, -0.2) is 22.9 Å². The minimum atomic E-state index is -3.84. The van der Waals surface area contributed by atoms with Gasteiger partial charge in [-0.1, -0.05) is 0 Å². The second kappa shape index (κ2) is 6.37. The molecule has 2 aromatic rings. The first kappa shape index (κ1) is 15.7. The molecule has 1 atom stereocenters. The van der Waals surface area contributed by atoms with E-state index in [0.29, 0.717) is 12.2 Å². The lowest BCUT2D eigenvalue weighted by Gasteiger charge is -2.12. The van der Waals surface area contributed by atoms with Crippen LogP contribution in [0.2, 0.25) is 0 Å². The van der Waals surface area contributed by atoms with Crippen LogP contribution in [0.15, 0.2) is 32.5 Å². The third-order valence-electron chi connectivity index (χ3n) is 2.60. The van der Waals surface area contributed by atoms with Crippen molar-refractivity contribution >= 4 is 27.3 Å². The van der Waals surface area contributed by atoms with Gasteiger partial charge in [0.1, 0.15) is 5.76 Å². The van der Waals surface area contributed by atoms with Crippen molar-refractivity contribution < 1.29 is 22.4 Å². The minimum absolute atomic E-state index is 0.152. The van der Waals surface area contributed by atoms with Gasteiger partial charge < -0.3 is 9.15 Å². The van der Waals surface area contributed by atoms with Crippen LogP contribution in [0.5, 0.6) is 0 Å². The van der Waals surface area contributed by atoms with Crippen molar-refractivity contribution in [3.63, 3.8) is 0 Å². The zero-order valence-electron chi connectivity index (χ0n) is 11.4. The monoisotopic (exact) mass is 330 g/mol. The highest BCUT2D eigenvalue weighted by molar-refractivity contribution is 7.91. The summed E-state index contributed by atoms with van der Waals surface area (Å²) in [5.74, 6) is -0.113. The van der Waals surface area contributed by atoms with Crippen molar-refractivity contribution in [1.82, 2.24) is 9.71 Å². The number of carbonyl (C=O) groups is 1. The Balaban J connectivity index is 2.15. The van der Waals surface area contributed by atoms with Gasteiger partial charge >= 0.3 is 5.97 Å². The summed E-state index contributed by atoms with van der Waals surface area (Å²) in [6.07, 6.45) is 1.92. The molecule has 0 aliphatic rings. The van der Waals surface area contributed by atoms with Gasteiger partial charge in [0, 0.05) is 12.5 Å². The molecule has 1 unspecified atom stereocenters. The van der Waals surface area contributed by atoms with Crippen molar-refractivity contribution in [2.45, 2.75) is 23.6 Å². The van der Waals surface area contributed by atoms with E-state index in [4.69, 9.17) is 4.42 Å². The molecule has 7 nitrogen and oxygen atoms in total. The topological polar surface area (TPSA) is 98.5 Å². The molecular weight excluding hydrogens is 316 g/mol. The molecule has 1 N–H and O–H groups in total. The van der Waals surface area contributed by atoms with Gasteiger partial charge in [-0.15, -0.1) is 11.3 Å². The Morgan fingerprint density at radius 3 is 2.95 bits per heavy atom. The molecule has 114 valence electrons. The zero-order valence-corrected chi connectivity index (χ0v) is 13.0. The number of sulfonamides is 1. The second-order valence-corrected chi connectivity index (χ2v) is 7.05. The van der Waals surface area contributed by atoms with Crippen LogP contribution in [-0.4, -0.2) is 32.5 Å². The van der Waals surface area contributed by atoms with E-state index in [0.717, 1.165) is 11.3 Å². The number of esters is 1. The number of hydrogen-bond donors (Lipinski definition) is 1. The van der Waals surface area contributed by atoms with E-state index in [-0.39, 0.29) is 9.90 Å². The molecule has 2 aromatic heterocycles. The van der Waals surface area contributed by atoms with Crippen LogP contribution < -0.4 is 4.72 Å². The quantitative estimate of drug-likeness (QED) is 0.805. The Morgan fingerprint density at radius 1 is 1.57 bits per heavy atom. The highest BCUT2D eigenvalue weighted by Crippen LogP contribution is 2.21. The molecule has 9 heteroatoms. The Kier molecular flexibility index (Phi) is 4.76. The third-order valence-corrected chi connectivity index (χ3v) is 5.56. The predicted molar refractivity (Wildman–Crippen MR) is 75.6 cm³/mol. The van der Waals surface area contributed by atoms with Gasteiger partial charge in [-0.3, -0.25) is 0 Å². The number of rotatable bonds is 6. The van der Waals surface area contributed by atoms with Crippen LogP contribution in [0, 0.1) is 0 Å². The Bertz CT molecular complexity index is 706. The van der Waals surface area contributed by atoms with Crippen LogP contribution in [0.3, 0.4) is 0 Å². The van der Waals surface area contributed by atoms with E-state index in [1.165, 1.54) is 18.9 Å². The largest absolute Gasteiger partial charge is 0.469 e. The van der Waals surface area contributed by atoms with Gasteiger partial charge in [-0.2, -0.15) is 0 Å². The van der Waals surface area contributed by atoms with Gasteiger partial charge in [0.2, 0.25) is 0 Å². The third kappa shape index (κ3) is 3.69. The van der Waals surface area contributed by atoms with Crippen molar-refractivity contribution in [1.29, 1.82) is 0 Å². The Labute approximate surface area is 126 Å². The Hall–Kier alpha value is -1.71. The fourth-order valence-corrected chi connectivity index (χ4v) is 4.14. The molecule has 0 bridgehead atoms. The molecule has 21 heavy (non-hydrogen) atoms. The number of carbonyl (C=O) groups excluding carboxylic acids is 1. The number of aromatic nitrogens is 1. The molecule has 0 radical (unpaired) electrons. The molecule has 0 fully saturated rings. The lowest BCUT2D eigenvalue weighted by molar-refractivity contribution is 0.0590. The van der Waals surface area contributed by atoms with Gasteiger partial charge in [-0.05, 0) is 19.1 Å². The SMILES string of the molecule is COC(=O)c1ncsc1S(=O)(=O)NC(C)Cc1ccco1. The standard InChI is InChI=1S/C12H14N2O5S2/c1-8(6-9-4-3-5-19-9)14-21(16,17)12-10(11(15)18-2)13-7-20-12/h3-5,7-8,14H,6H2,1-2H3. The van der Waals surface area contributed by atoms with Gasteiger partial charge in [0.05, 0.1) is 18.9 Å². The smallest absolute Gasteiger partial charge is 0.358 e. The fraction of sp³-hybridized carbons (Fsp3) is 0.333. The molecule has 2 rings (SSSR count). The summed E-state index contributed by atoms with van der Waals surface area (Å²) in [7, 11) is -2.67. The van der Waals surface area contributed by atoms with Gasteiger partial charge in [0.25, 0.3) is 10.0 Å². The predicted octanol–water partition coefficient (Wildman–Crippen LogP) is 1.43. The maximum atomic E-state index is 12.3. The zero-order chi connectivity index (χ0) is 15.5. The molecule has 2 heterocycles. The van der Waals surface area contributed by atoms with E-state index in [2.05, 4.69) is 14.4 Å². The van der Waals surface area contributed by atoms with Crippen LogP contribution in [-0.2, 0) is 21.2 Å². The first-order valence-electron chi connectivity index (χ1n) is 6.00. The normalized spacial score (nSPS) is 13.0. The lowest BCUT2D eigenvalue weighted by Crippen LogP contribution is -2.34.